The molecule has 0 radical (unpaired) electrons. The minimum atomic E-state index is -0.203. The van der Waals surface area contributed by atoms with E-state index in [1.807, 2.05) is 6.07 Å². The average molecular weight is 332 g/mol. The second kappa shape index (κ2) is 8.05. The zero-order valence-electron chi connectivity index (χ0n) is 12.8. The molecule has 2 aromatic heterocycles. The predicted octanol–water partition coefficient (Wildman–Crippen LogP) is 2.34. The molecule has 1 saturated heterocycles. The maximum atomic E-state index is 12.1. The van der Waals surface area contributed by atoms with Crippen LogP contribution in [0.5, 0.6) is 0 Å². The van der Waals surface area contributed by atoms with Gasteiger partial charge < -0.3 is 15.4 Å². The molecule has 2 N–H and O–H groups in total. The van der Waals surface area contributed by atoms with Crippen LogP contribution in [0.2, 0.25) is 0 Å². The van der Waals surface area contributed by atoms with Crippen molar-refractivity contribution in [3.63, 3.8) is 0 Å². The first kappa shape index (κ1) is 15.9. The van der Waals surface area contributed by atoms with Crippen LogP contribution in [0.15, 0.2) is 42.0 Å². The molecule has 1 atom stereocenters. The number of ether oxygens (including phenoxy) is 1. The van der Waals surface area contributed by atoms with Crippen LogP contribution in [0.3, 0.4) is 0 Å². The standard InChI is InChI=1S/C16H20N4O2S/c21-16(19-13-3-5-17-6-4-13)18-12-14(15-2-1-11-23-15)20-7-9-22-10-8-20/h1-6,11,14H,7-10,12H2,(H2,17,18,19,21). The van der Waals surface area contributed by atoms with E-state index in [9.17, 15) is 4.79 Å². The summed E-state index contributed by atoms with van der Waals surface area (Å²) in [7, 11) is 0. The number of nitrogens with one attached hydrogen (secondary N) is 2. The van der Waals surface area contributed by atoms with Crippen molar-refractivity contribution in [2.45, 2.75) is 6.04 Å². The normalized spacial score (nSPS) is 16.7. The summed E-state index contributed by atoms with van der Waals surface area (Å²) in [6.07, 6.45) is 3.30. The van der Waals surface area contributed by atoms with Crippen molar-refractivity contribution in [1.29, 1.82) is 0 Å². The smallest absolute Gasteiger partial charge is 0.319 e. The summed E-state index contributed by atoms with van der Waals surface area (Å²) < 4.78 is 5.43. The van der Waals surface area contributed by atoms with E-state index in [4.69, 9.17) is 4.74 Å². The maximum Gasteiger partial charge on any atom is 0.319 e. The third-order valence-electron chi connectivity index (χ3n) is 3.75. The molecule has 23 heavy (non-hydrogen) atoms. The molecule has 1 aliphatic rings. The van der Waals surface area contributed by atoms with E-state index >= 15 is 0 Å². The molecule has 0 bridgehead atoms. The number of nitrogens with zero attached hydrogens (tertiary/aromatic N) is 2. The fourth-order valence-corrected chi connectivity index (χ4v) is 3.44. The number of morpholine rings is 1. The Bertz CT molecular complexity index is 600. The molecule has 0 spiro atoms. The third kappa shape index (κ3) is 4.51. The Morgan fingerprint density at radius 2 is 2.09 bits per heavy atom. The summed E-state index contributed by atoms with van der Waals surface area (Å²) in [5, 5.41) is 7.86. The fraction of sp³-hybridized carbons (Fsp3) is 0.375. The number of carbonyl (C=O) groups is 1. The van der Waals surface area contributed by atoms with Crippen LogP contribution in [-0.2, 0) is 4.74 Å². The molecule has 3 heterocycles. The number of hydrogen-bond acceptors (Lipinski definition) is 5. The van der Waals surface area contributed by atoms with Gasteiger partial charge in [0.1, 0.15) is 0 Å². The summed E-state index contributed by atoms with van der Waals surface area (Å²) in [4.78, 5) is 19.6. The average Bonchev–Trinajstić information content (AvgIpc) is 3.11. The highest BCUT2D eigenvalue weighted by Crippen LogP contribution is 2.25. The first-order valence-corrected chi connectivity index (χ1v) is 8.51. The van der Waals surface area contributed by atoms with Crippen LogP contribution in [0.4, 0.5) is 10.5 Å². The van der Waals surface area contributed by atoms with Crippen LogP contribution < -0.4 is 10.6 Å². The predicted molar refractivity (Wildman–Crippen MR) is 90.7 cm³/mol. The number of aromatic nitrogens is 1. The Hall–Kier alpha value is -1.96. The number of anilines is 1. The molecular weight excluding hydrogens is 312 g/mol. The van der Waals surface area contributed by atoms with Gasteiger partial charge in [-0.1, -0.05) is 6.07 Å². The van der Waals surface area contributed by atoms with E-state index in [2.05, 4.69) is 32.0 Å². The minimum Gasteiger partial charge on any atom is -0.379 e. The van der Waals surface area contributed by atoms with E-state index in [0.717, 1.165) is 32.0 Å². The lowest BCUT2D eigenvalue weighted by Gasteiger charge is -2.34. The number of pyridine rings is 1. The van der Waals surface area contributed by atoms with Crippen LogP contribution in [-0.4, -0.2) is 48.8 Å². The van der Waals surface area contributed by atoms with Gasteiger partial charge in [0, 0.05) is 42.6 Å². The molecule has 3 rings (SSSR count). The first-order valence-electron chi connectivity index (χ1n) is 7.63. The number of rotatable bonds is 5. The number of urea groups is 1. The summed E-state index contributed by atoms with van der Waals surface area (Å²) in [6.45, 7) is 3.82. The van der Waals surface area contributed by atoms with Gasteiger partial charge in [-0.2, -0.15) is 0 Å². The van der Waals surface area contributed by atoms with Gasteiger partial charge in [0.15, 0.2) is 0 Å². The molecule has 1 unspecified atom stereocenters. The molecule has 1 aliphatic heterocycles. The van der Waals surface area contributed by atoms with Crippen molar-refractivity contribution >= 4 is 23.1 Å². The lowest BCUT2D eigenvalue weighted by molar-refractivity contribution is 0.0175. The topological polar surface area (TPSA) is 66.5 Å². The molecule has 7 heteroatoms. The highest BCUT2D eigenvalue weighted by Gasteiger charge is 2.23. The Morgan fingerprint density at radius 1 is 1.30 bits per heavy atom. The van der Waals surface area contributed by atoms with Gasteiger partial charge in [0.05, 0.1) is 19.3 Å². The van der Waals surface area contributed by atoms with Crippen LogP contribution in [0, 0.1) is 0 Å². The van der Waals surface area contributed by atoms with E-state index < -0.39 is 0 Å². The number of hydrogen-bond donors (Lipinski definition) is 2. The van der Waals surface area contributed by atoms with Gasteiger partial charge in [-0.25, -0.2) is 4.79 Å². The zero-order valence-corrected chi connectivity index (χ0v) is 13.6. The van der Waals surface area contributed by atoms with Gasteiger partial charge in [0.25, 0.3) is 0 Å². The highest BCUT2D eigenvalue weighted by molar-refractivity contribution is 7.10. The second-order valence-corrected chi connectivity index (χ2v) is 6.23. The van der Waals surface area contributed by atoms with E-state index in [0.29, 0.717) is 6.54 Å². The Labute approximate surface area is 139 Å². The molecule has 0 saturated carbocycles. The lowest BCUT2D eigenvalue weighted by atomic mass is 10.2. The number of amides is 2. The minimum absolute atomic E-state index is 0.182. The van der Waals surface area contributed by atoms with E-state index in [1.165, 1.54) is 4.88 Å². The van der Waals surface area contributed by atoms with Crippen molar-refractivity contribution in [2.24, 2.45) is 0 Å². The SMILES string of the molecule is O=C(NCC(c1cccs1)N1CCOCC1)Nc1ccncc1. The molecule has 122 valence electrons. The zero-order chi connectivity index (χ0) is 15.9. The molecule has 2 amide bonds. The fourth-order valence-electron chi connectivity index (χ4n) is 2.58. The highest BCUT2D eigenvalue weighted by atomic mass is 32.1. The first-order chi connectivity index (χ1) is 11.3. The van der Waals surface area contributed by atoms with E-state index in [-0.39, 0.29) is 12.1 Å². The third-order valence-corrected chi connectivity index (χ3v) is 4.73. The second-order valence-electron chi connectivity index (χ2n) is 5.25. The van der Waals surface area contributed by atoms with Crippen LogP contribution in [0.25, 0.3) is 0 Å². The van der Waals surface area contributed by atoms with Crippen molar-refractivity contribution in [3.8, 4) is 0 Å². The Balaban J connectivity index is 1.59. The maximum absolute atomic E-state index is 12.1. The van der Waals surface area contributed by atoms with Crippen molar-refractivity contribution < 1.29 is 9.53 Å². The molecule has 1 fully saturated rings. The molecule has 0 aromatic carbocycles. The summed E-state index contributed by atoms with van der Waals surface area (Å²) in [5.74, 6) is 0. The van der Waals surface area contributed by atoms with E-state index in [1.54, 1.807) is 35.9 Å². The molecule has 6 nitrogen and oxygen atoms in total. The molecular formula is C16H20N4O2S. The van der Waals surface area contributed by atoms with Crippen LogP contribution >= 0.6 is 11.3 Å². The van der Waals surface area contributed by atoms with Crippen molar-refractivity contribution in [1.82, 2.24) is 15.2 Å². The van der Waals surface area contributed by atoms with Gasteiger partial charge in [-0.05, 0) is 23.6 Å². The van der Waals surface area contributed by atoms with Crippen molar-refractivity contribution in [3.05, 3.63) is 46.9 Å². The molecule has 2 aromatic rings. The monoisotopic (exact) mass is 332 g/mol. The van der Waals surface area contributed by atoms with Crippen molar-refractivity contribution in [2.75, 3.05) is 38.2 Å². The Kier molecular flexibility index (Phi) is 5.57. The summed E-state index contributed by atoms with van der Waals surface area (Å²) in [6, 6.07) is 7.67. The number of thiophene rings is 1. The van der Waals surface area contributed by atoms with Gasteiger partial charge in [0.2, 0.25) is 0 Å². The van der Waals surface area contributed by atoms with Gasteiger partial charge in [-0.3, -0.25) is 9.88 Å². The number of carbonyl (C=O) groups excluding carboxylic acids is 1. The summed E-state index contributed by atoms with van der Waals surface area (Å²) >= 11 is 1.72. The van der Waals surface area contributed by atoms with Gasteiger partial charge >= 0.3 is 6.03 Å². The largest absolute Gasteiger partial charge is 0.379 e. The summed E-state index contributed by atoms with van der Waals surface area (Å²) in [5.41, 5.74) is 0.733. The van der Waals surface area contributed by atoms with Gasteiger partial charge in [-0.15, -0.1) is 11.3 Å². The Morgan fingerprint density at radius 3 is 2.78 bits per heavy atom. The molecule has 0 aliphatic carbocycles. The quantitative estimate of drug-likeness (QED) is 0.882. The van der Waals surface area contributed by atoms with Crippen LogP contribution in [0.1, 0.15) is 10.9 Å². The lowest BCUT2D eigenvalue weighted by Crippen LogP contribution is -2.44.